The summed E-state index contributed by atoms with van der Waals surface area (Å²) in [4.78, 5) is 14.8. The number of hydrogen-bond donors (Lipinski definition) is 1. The van der Waals surface area contributed by atoms with Gasteiger partial charge in [-0.3, -0.25) is 9.10 Å². The fourth-order valence-electron chi connectivity index (χ4n) is 3.60. The highest BCUT2D eigenvalue weighted by atomic mass is 32.2. The molecule has 1 fully saturated rings. The quantitative estimate of drug-likeness (QED) is 0.645. The van der Waals surface area contributed by atoms with Crippen molar-refractivity contribution in [2.24, 2.45) is 5.92 Å². The van der Waals surface area contributed by atoms with Gasteiger partial charge in [-0.25, -0.2) is 8.42 Å². The van der Waals surface area contributed by atoms with E-state index in [1.54, 1.807) is 41.8 Å². The third kappa shape index (κ3) is 5.58. The first kappa shape index (κ1) is 21.8. The summed E-state index contributed by atoms with van der Waals surface area (Å²) >= 11 is 1.19. The summed E-state index contributed by atoms with van der Waals surface area (Å²) in [5, 5.41) is 4.69. The van der Waals surface area contributed by atoms with Crippen LogP contribution in [0.15, 0.2) is 46.0 Å². The molecule has 158 valence electrons. The summed E-state index contributed by atoms with van der Waals surface area (Å²) in [5.74, 6) is 0.631. The van der Waals surface area contributed by atoms with Gasteiger partial charge in [-0.05, 0) is 74.0 Å². The van der Waals surface area contributed by atoms with E-state index in [9.17, 15) is 13.2 Å². The van der Waals surface area contributed by atoms with Gasteiger partial charge in [0.25, 0.3) is 15.9 Å². The summed E-state index contributed by atoms with van der Waals surface area (Å²) in [6.45, 7) is 6.24. The summed E-state index contributed by atoms with van der Waals surface area (Å²) < 4.78 is 26.7. The van der Waals surface area contributed by atoms with Crippen molar-refractivity contribution in [3.8, 4) is 0 Å². The molecule has 1 N–H and O–H groups in total. The van der Waals surface area contributed by atoms with Crippen LogP contribution in [0, 0.1) is 5.92 Å². The largest absolute Gasteiger partial charge is 0.352 e. The number of benzene rings is 1. The molecule has 1 aliphatic heterocycles. The van der Waals surface area contributed by atoms with Crippen molar-refractivity contribution in [2.45, 2.75) is 30.4 Å². The number of piperidine rings is 1. The van der Waals surface area contributed by atoms with Gasteiger partial charge in [-0.15, -0.1) is 11.3 Å². The van der Waals surface area contributed by atoms with E-state index in [1.807, 2.05) is 0 Å². The van der Waals surface area contributed by atoms with Gasteiger partial charge in [0, 0.05) is 25.7 Å². The minimum atomic E-state index is -3.57. The first-order valence-corrected chi connectivity index (χ1v) is 12.3. The van der Waals surface area contributed by atoms with Crippen molar-refractivity contribution in [1.82, 2.24) is 10.2 Å². The minimum absolute atomic E-state index is 0.132. The maximum Gasteiger partial charge on any atom is 0.273 e. The van der Waals surface area contributed by atoms with E-state index in [0.717, 1.165) is 32.0 Å². The van der Waals surface area contributed by atoms with E-state index in [-0.39, 0.29) is 5.91 Å². The smallest absolute Gasteiger partial charge is 0.273 e. The Kier molecular flexibility index (Phi) is 7.32. The van der Waals surface area contributed by atoms with Crippen LogP contribution in [0.2, 0.25) is 0 Å². The SMILES string of the molecule is CC1CCCN(CCCNC(=O)c2ccc(N(C)S(=O)(=O)c3cccs3)cc2)C1. The number of nitrogens with zero attached hydrogens (tertiary/aromatic N) is 2. The molecule has 0 bridgehead atoms. The first-order chi connectivity index (χ1) is 13.9. The van der Waals surface area contributed by atoms with Gasteiger partial charge in [-0.2, -0.15) is 0 Å². The predicted octanol–water partition coefficient (Wildman–Crippen LogP) is 3.43. The van der Waals surface area contributed by atoms with Crippen LogP contribution in [0.3, 0.4) is 0 Å². The average Bonchev–Trinajstić information content (AvgIpc) is 3.26. The molecule has 1 aromatic heterocycles. The zero-order valence-electron chi connectivity index (χ0n) is 17.0. The van der Waals surface area contributed by atoms with Gasteiger partial charge in [0.1, 0.15) is 4.21 Å². The number of carbonyl (C=O) groups excluding carboxylic acids is 1. The van der Waals surface area contributed by atoms with E-state index >= 15 is 0 Å². The zero-order valence-corrected chi connectivity index (χ0v) is 18.6. The number of rotatable bonds is 8. The van der Waals surface area contributed by atoms with Gasteiger partial charge in [0.2, 0.25) is 0 Å². The molecule has 1 amide bonds. The fraction of sp³-hybridized carbons (Fsp3) is 0.476. The van der Waals surface area contributed by atoms with Crippen molar-refractivity contribution in [2.75, 3.05) is 37.5 Å². The molecule has 2 heterocycles. The van der Waals surface area contributed by atoms with Crippen molar-refractivity contribution >= 4 is 33.0 Å². The Balaban J connectivity index is 1.50. The van der Waals surface area contributed by atoms with Crippen LogP contribution in [-0.2, 0) is 10.0 Å². The molecule has 8 heteroatoms. The maximum absolute atomic E-state index is 12.6. The molecule has 1 atom stereocenters. The summed E-state index contributed by atoms with van der Waals surface area (Å²) in [6.07, 6.45) is 3.50. The second-order valence-electron chi connectivity index (χ2n) is 7.61. The molecule has 0 radical (unpaired) electrons. The van der Waals surface area contributed by atoms with Crippen molar-refractivity contribution in [3.63, 3.8) is 0 Å². The molecule has 3 rings (SSSR count). The molecule has 0 aliphatic carbocycles. The van der Waals surface area contributed by atoms with Gasteiger partial charge >= 0.3 is 0 Å². The Morgan fingerprint density at radius 3 is 2.69 bits per heavy atom. The van der Waals surface area contributed by atoms with Crippen molar-refractivity contribution in [3.05, 3.63) is 47.3 Å². The van der Waals surface area contributed by atoms with Crippen LogP contribution in [0.25, 0.3) is 0 Å². The summed E-state index contributed by atoms with van der Waals surface area (Å²) in [5.41, 5.74) is 1.05. The topological polar surface area (TPSA) is 69.7 Å². The zero-order chi connectivity index (χ0) is 20.9. The molecule has 6 nitrogen and oxygen atoms in total. The van der Waals surface area contributed by atoms with Gasteiger partial charge < -0.3 is 10.2 Å². The standard InChI is InChI=1S/C21H29N3O3S2/c1-17-6-3-13-24(16-17)14-5-12-22-21(25)18-8-10-19(11-9-18)23(2)29(26,27)20-7-4-15-28-20/h4,7-11,15,17H,3,5-6,12-14,16H2,1-2H3,(H,22,25). The molecule has 1 aromatic carbocycles. The second-order valence-corrected chi connectivity index (χ2v) is 10.8. The van der Waals surface area contributed by atoms with E-state index in [2.05, 4.69) is 17.1 Å². The number of carbonyl (C=O) groups is 1. The monoisotopic (exact) mass is 435 g/mol. The van der Waals surface area contributed by atoms with E-state index in [0.29, 0.717) is 22.0 Å². The Morgan fingerprint density at radius 2 is 2.03 bits per heavy atom. The van der Waals surface area contributed by atoms with Crippen molar-refractivity contribution < 1.29 is 13.2 Å². The minimum Gasteiger partial charge on any atom is -0.352 e. The molecule has 1 unspecified atom stereocenters. The summed E-state index contributed by atoms with van der Waals surface area (Å²) in [7, 11) is -2.05. The summed E-state index contributed by atoms with van der Waals surface area (Å²) in [6, 6.07) is 9.95. The number of nitrogens with one attached hydrogen (secondary N) is 1. The van der Waals surface area contributed by atoms with Crippen LogP contribution in [0.4, 0.5) is 5.69 Å². The Labute approximate surface area is 177 Å². The molecule has 2 aromatic rings. The number of sulfonamides is 1. The van der Waals surface area contributed by atoms with E-state index in [1.165, 1.54) is 35.5 Å². The van der Waals surface area contributed by atoms with Gasteiger partial charge in [0.15, 0.2) is 0 Å². The lowest BCUT2D eigenvalue weighted by Gasteiger charge is -2.30. The number of hydrogen-bond acceptors (Lipinski definition) is 5. The van der Waals surface area contributed by atoms with Crippen LogP contribution >= 0.6 is 11.3 Å². The third-order valence-corrected chi connectivity index (χ3v) is 8.44. The lowest BCUT2D eigenvalue weighted by atomic mass is 10.0. The third-order valence-electron chi connectivity index (χ3n) is 5.28. The van der Waals surface area contributed by atoms with Crippen LogP contribution < -0.4 is 9.62 Å². The Morgan fingerprint density at radius 1 is 1.28 bits per heavy atom. The normalized spacial score (nSPS) is 17.8. The number of amides is 1. The average molecular weight is 436 g/mol. The highest BCUT2D eigenvalue weighted by Gasteiger charge is 2.22. The highest BCUT2D eigenvalue weighted by molar-refractivity contribution is 7.94. The van der Waals surface area contributed by atoms with E-state index in [4.69, 9.17) is 0 Å². The van der Waals surface area contributed by atoms with E-state index < -0.39 is 10.0 Å². The first-order valence-electron chi connectivity index (χ1n) is 10.0. The lowest BCUT2D eigenvalue weighted by molar-refractivity contribution is 0.0950. The van der Waals surface area contributed by atoms with Crippen LogP contribution in [-0.4, -0.2) is 52.5 Å². The second kappa shape index (κ2) is 9.73. The molecule has 1 saturated heterocycles. The molecular weight excluding hydrogens is 406 g/mol. The lowest BCUT2D eigenvalue weighted by Crippen LogP contribution is -2.36. The predicted molar refractivity (Wildman–Crippen MR) is 118 cm³/mol. The number of thiophene rings is 1. The molecule has 29 heavy (non-hydrogen) atoms. The molecular formula is C21H29N3O3S2. The number of anilines is 1. The van der Waals surface area contributed by atoms with Gasteiger partial charge in [-0.1, -0.05) is 13.0 Å². The number of likely N-dealkylation sites (tertiary alicyclic amines) is 1. The molecule has 0 saturated carbocycles. The van der Waals surface area contributed by atoms with Crippen LogP contribution in [0.1, 0.15) is 36.5 Å². The van der Waals surface area contributed by atoms with Crippen molar-refractivity contribution in [1.29, 1.82) is 0 Å². The Bertz CT molecular complexity index is 896. The highest BCUT2D eigenvalue weighted by Crippen LogP contribution is 2.25. The van der Waals surface area contributed by atoms with Gasteiger partial charge in [0.05, 0.1) is 5.69 Å². The fourth-order valence-corrected chi connectivity index (χ4v) is 5.96. The molecule has 0 spiro atoms. The van der Waals surface area contributed by atoms with Crippen LogP contribution in [0.5, 0.6) is 0 Å². The Hall–Kier alpha value is -1.90. The maximum atomic E-state index is 12.6. The molecule has 1 aliphatic rings.